The molecule has 0 unspecified atom stereocenters. The molecule has 88 valence electrons. The van der Waals surface area contributed by atoms with E-state index in [9.17, 15) is 13.6 Å². The second-order valence-corrected chi connectivity index (χ2v) is 3.62. The Bertz CT molecular complexity index is 530. The number of carbonyl (C=O) groups is 1. The normalized spacial score (nSPS) is 13.7. The van der Waals surface area contributed by atoms with Crippen molar-refractivity contribution in [2.24, 2.45) is 0 Å². The van der Waals surface area contributed by atoms with Gasteiger partial charge in [0.2, 0.25) is 0 Å². The quantitative estimate of drug-likeness (QED) is 0.754. The maximum atomic E-state index is 13.4. The number of rotatable bonds is 3. The van der Waals surface area contributed by atoms with Crippen molar-refractivity contribution in [3.05, 3.63) is 53.1 Å². The Morgan fingerprint density at radius 2 is 2.12 bits per heavy atom. The largest absolute Gasteiger partial charge is 0.493 e. The number of ketones is 1. The van der Waals surface area contributed by atoms with Crippen molar-refractivity contribution < 1.29 is 18.3 Å². The van der Waals surface area contributed by atoms with E-state index >= 15 is 0 Å². The molecule has 0 radical (unpaired) electrons. The topological polar surface area (TPSA) is 26.3 Å². The highest BCUT2D eigenvalue weighted by molar-refractivity contribution is 6.11. The molecule has 0 saturated carbocycles. The summed E-state index contributed by atoms with van der Waals surface area (Å²) in [5.74, 6) is -2.30. The molecule has 2 nitrogen and oxygen atoms in total. The van der Waals surface area contributed by atoms with Crippen LogP contribution in [0.15, 0.2) is 35.9 Å². The molecule has 0 N–H and O–H groups in total. The number of halogens is 2. The lowest BCUT2D eigenvalue weighted by molar-refractivity contribution is 0.102. The van der Waals surface area contributed by atoms with Crippen molar-refractivity contribution in [1.29, 1.82) is 0 Å². The average molecular weight is 236 g/mol. The first-order valence-electron chi connectivity index (χ1n) is 5.07. The van der Waals surface area contributed by atoms with Gasteiger partial charge in [0.05, 0.1) is 12.7 Å². The minimum absolute atomic E-state index is 0.0834. The fourth-order valence-corrected chi connectivity index (χ4v) is 1.73. The van der Waals surface area contributed by atoms with Gasteiger partial charge in [-0.1, -0.05) is 18.2 Å². The summed E-state index contributed by atoms with van der Waals surface area (Å²) in [6.45, 7) is 0. The van der Waals surface area contributed by atoms with Gasteiger partial charge in [-0.25, -0.2) is 8.78 Å². The maximum absolute atomic E-state index is 13.4. The fraction of sp³-hybridized carbons (Fsp3) is 0.154. The van der Waals surface area contributed by atoms with Crippen LogP contribution in [0.25, 0.3) is 0 Å². The van der Waals surface area contributed by atoms with Gasteiger partial charge >= 0.3 is 0 Å². The predicted octanol–water partition coefficient (Wildman–Crippen LogP) is 3.04. The first-order valence-corrected chi connectivity index (χ1v) is 5.07. The average Bonchev–Trinajstić information content (AvgIpc) is 2.80. The molecule has 0 bridgehead atoms. The zero-order valence-electron chi connectivity index (χ0n) is 9.17. The third-order valence-corrected chi connectivity index (χ3v) is 2.52. The molecule has 0 atom stereocenters. The molecular formula is C13H10F2O2. The fourth-order valence-electron chi connectivity index (χ4n) is 1.73. The van der Waals surface area contributed by atoms with Crippen molar-refractivity contribution in [2.75, 3.05) is 7.11 Å². The predicted molar refractivity (Wildman–Crippen MR) is 59.1 cm³/mol. The van der Waals surface area contributed by atoms with Crippen molar-refractivity contribution in [1.82, 2.24) is 0 Å². The van der Waals surface area contributed by atoms with E-state index in [4.69, 9.17) is 4.74 Å². The third kappa shape index (κ3) is 2.11. The van der Waals surface area contributed by atoms with E-state index in [0.29, 0.717) is 18.1 Å². The Labute approximate surface area is 97.2 Å². The number of hydrogen-bond donors (Lipinski definition) is 0. The first-order chi connectivity index (χ1) is 8.13. The molecule has 17 heavy (non-hydrogen) atoms. The number of methoxy groups -OCH3 is 1. The van der Waals surface area contributed by atoms with Crippen LogP contribution in [0, 0.1) is 11.6 Å². The standard InChI is InChI=1S/C13H10F2O2/c1-17-13-10(6-9(14)7-11(13)15)12(16)8-4-2-3-5-8/h2-4,6-7H,5H2,1H3. The van der Waals surface area contributed by atoms with Crippen molar-refractivity contribution in [3.63, 3.8) is 0 Å². The SMILES string of the molecule is COc1c(F)cc(F)cc1C(=O)C1=CC=CC1. The van der Waals surface area contributed by atoms with Crippen LogP contribution in [0.2, 0.25) is 0 Å². The van der Waals surface area contributed by atoms with Gasteiger partial charge in [0, 0.05) is 11.6 Å². The van der Waals surface area contributed by atoms with E-state index < -0.39 is 17.4 Å². The Kier molecular flexibility index (Phi) is 3.04. The van der Waals surface area contributed by atoms with E-state index in [2.05, 4.69) is 0 Å². The minimum atomic E-state index is -0.873. The lowest BCUT2D eigenvalue weighted by Gasteiger charge is -2.09. The Balaban J connectivity index is 2.47. The molecule has 0 aliphatic heterocycles. The van der Waals surface area contributed by atoms with Gasteiger partial charge in [-0.15, -0.1) is 0 Å². The molecule has 0 aromatic heterocycles. The molecular weight excluding hydrogens is 226 g/mol. The first kappa shape index (κ1) is 11.5. The highest BCUT2D eigenvalue weighted by Gasteiger charge is 2.21. The molecule has 0 fully saturated rings. The third-order valence-electron chi connectivity index (χ3n) is 2.52. The number of carbonyl (C=O) groups excluding carboxylic acids is 1. The smallest absolute Gasteiger partial charge is 0.193 e. The minimum Gasteiger partial charge on any atom is -0.493 e. The van der Waals surface area contributed by atoms with Gasteiger partial charge in [-0.3, -0.25) is 4.79 Å². The monoisotopic (exact) mass is 236 g/mol. The molecule has 1 aromatic rings. The highest BCUT2D eigenvalue weighted by Crippen LogP contribution is 2.28. The van der Waals surface area contributed by atoms with Gasteiger partial charge in [-0.05, 0) is 12.5 Å². The van der Waals surface area contributed by atoms with E-state index in [1.165, 1.54) is 7.11 Å². The molecule has 0 spiro atoms. The van der Waals surface area contributed by atoms with Crippen LogP contribution in [0.5, 0.6) is 5.75 Å². The number of Topliss-reactive ketones (excluding diaryl/α,β-unsaturated/α-hetero) is 1. The second-order valence-electron chi connectivity index (χ2n) is 3.62. The highest BCUT2D eigenvalue weighted by atomic mass is 19.1. The Hall–Kier alpha value is -1.97. The lowest BCUT2D eigenvalue weighted by Crippen LogP contribution is -2.06. The van der Waals surface area contributed by atoms with Gasteiger partial charge in [0.25, 0.3) is 0 Å². The maximum Gasteiger partial charge on any atom is 0.193 e. The van der Waals surface area contributed by atoms with E-state index in [0.717, 1.165) is 6.07 Å². The summed E-state index contributed by atoms with van der Waals surface area (Å²) >= 11 is 0. The molecule has 0 amide bonds. The summed E-state index contributed by atoms with van der Waals surface area (Å²) in [7, 11) is 1.24. The zero-order chi connectivity index (χ0) is 12.4. The van der Waals surface area contributed by atoms with Crippen molar-refractivity contribution in [2.45, 2.75) is 6.42 Å². The number of ether oxygens (including phenoxy) is 1. The molecule has 4 heteroatoms. The van der Waals surface area contributed by atoms with Crippen LogP contribution in [0.3, 0.4) is 0 Å². The van der Waals surface area contributed by atoms with Gasteiger partial charge in [-0.2, -0.15) is 0 Å². The summed E-state index contributed by atoms with van der Waals surface area (Å²) in [5.41, 5.74) is 0.410. The van der Waals surface area contributed by atoms with E-state index in [-0.39, 0.29) is 11.3 Å². The summed E-state index contributed by atoms with van der Waals surface area (Å²) < 4.78 is 31.3. The molecule has 0 saturated heterocycles. The molecule has 1 aliphatic rings. The molecule has 0 heterocycles. The van der Waals surface area contributed by atoms with Crippen LogP contribution in [0.1, 0.15) is 16.8 Å². The van der Waals surface area contributed by atoms with Gasteiger partial charge in [0.15, 0.2) is 17.3 Å². The Morgan fingerprint density at radius 3 is 2.71 bits per heavy atom. The number of benzene rings is 1. The van der Waals surface area contributed by atoms with Crippen molar-refractivity contribution in [3.8, 4) is 5.75 Å². The summed E-state index contributed by atoms with van der Waals surface area (Å²) in [6, 6.07) is 1.68. The Morgan fingerprint density at radius 1 is 1.35 bits per heavy atom. The summed E-state index contributed by atoms with van der Waals surface area (Å²) in [5, 5.41) is 0. The zero-order valence-corrected chi connectivity index (χ0v) is 9.17. The molecule has 1 aromatic carbocycles. The van der Waals surface area contributed by atoms with E-state index in [1.807, 2.05) is 0 Å². The van der Waals surface area contributed by atoms with Crippen LogP contribution < -0.4 is 4.74 Å². The van der Waals surface area contributed by atoms with E-state index in [1.54, 1.807) is 18.2 Å². The van der Waals surface area contributed by atoms with Crippen molar-refractivity contribution >= 4 is 5.78 Å². The van der Waals surface area contributed by atoms with Gasteiger partial charge in [0.1, 0.15) is 5.82 Å². The van der Waals surface area contributed by atoms with Crippen LogP contribution in [-0.4, -0.2) is 12.9 Å². The summed E-state index contributed by atoms with van der Waals surface area (Å²) in [6.07, 6.45) is 5.63. The van der Waals surface area contributed by atoms with Crippen LogP contribution in [-0.2, 0) is 0 Å². The summed E-state index contributed by atoms with van der Waals surface area (Å²) in [4.78, 5) is 12.0. The number of hydrogen-bond acceptors (Lipinski definition) is 2. The van der Waals surface area contributed by atoms with Crippen LogP contribution >= 0.6 is 0 Å². The second kappa shape index (κ2) is 4.49. The molecule has 2 rings (SSSR count). The lowest BCUT2D eigenvalue weighted by atomic mass is 10.0. The van der Waals surface area contributed by atoms with Gasteiger partial charge < -0.3 is 4.74 Å². The number of allylic oxidation sites excluding steroid dienone is 4. The van der Waals surface area contributed by atoms with Crippen LogP contribution in [0.4, 0.5) is 8.78 Å². The molecule has 1 aliphatic carbocycles.